The molecule has 4 rings (SSSR count). The molecule has 8 heteroatoms. The Hall–Kier alpha value is -2.87. The van der Waals surface area contributed by atoms with Gasteiger partial charge < -0.3 is 26.7 Å². The topological polar surface area (TPSA) is 120 Å². The third-order valence-corrected chi connectivity index (χ3v) is 5.47. The Labute approximate surface area is 171 Å². The lowest BCUT2D eigenvalue weighted by molar-refractivity contribution is 0.402. The summed E-state index contributed by atoms with van der Waals surface area (Å²) >= 11 is 0. The minimum absolute atomic E-state index is 0.117. The average molecular weight is 395 g/mol. The van der Waals surface area contributed by atoms with Crippen LogP contribution in [-0.4, -0.2) is 31.6 Å². The summed E-state index contributed by atoms with van der Waals surface area (Å²) < 4.78 is 2.05. The van der Waals surface area contributed by atoms with Crippen LogP contribution in [0.4, 0.5) is 23.1 Å². The molecule has 1 fully saturated rings. The fraction of sp³-hybridized carbons (Fsp3) is 0.476. The highest BCUT2D eigenvalue weighted by Gasteiger charge is 2.23. The highest BCUT2D eigenvalue weighted by molar-refractivity contribution is 5.87. The molecule has 6 N–H and O–H groups in total. The van der Waals surface area contributed by atoms with Crippen molar-refractivity contribution < 1.29 is 0 Å². The van der Waals surface area contributed by atoms with Crippen LogP contribution in [-0.2, 0) is 0 Å². The van der Waals surface area contributed by atoms with E-state index in [0.717, 1.165) is 35.3 Å². The number of nitrogens with two attached hydrogens (primary N) is 2. The highest BCUT2D eigenvalue weighted by atomic mass is 15.2. The molecule has 0 unspecified atom stereocenters. The van der Waals surface area contributed by atoms with E-state index in [1.807, 2.05) is 31.5 Å². The van der Waals surface area contributed by atoms with Crippen LogP contribution in [0.1, 0.15) is 51.1 Å². The minimum atomic E-state index is 0.117. The first-order chi connectivity index (χ1) is 13.9. The maximum Gasteiger partial charge on any atom is 0.227 e. The van der Waals surface area contributed by atoms with Gasteiger partial charge in [0.2, 0.25) is 5.95 Å². The molecule has 0 saturated heterocycles. The van der Waals surface area contributed by atoms with Gasteiger partial charge in [0.1, 0.15) is 0 Å². The lowest BCUT2D eigenvalue weighted by atomic mass is 9.91. The normalized spacial score (nSPS) is 19.6. The Bertz CT molecular complexity index is 989. The Morgan fingerprint density at radius 1 is 1.14 bits per heavy atom. The van der Waals surface area contributed by atoms with Gasteiger partial charge in [-0.3, -0.25) is 0 Å². The molecule has 2 aromatic heterocycles. The number of nitrogens with zero attached hydrogens (tertiary/aromatic N) is 4. The van der Waals surface area contributed by atoms with Crippen molar-refractivity contribution in [3.8, 4) is 0 Å². The van der Waals surface area contributed by atoms with Crippen molar-refractivity contribution in [2.75, 3.05) is 16.4 Å². The standard InChI is InChI=1S/C21H30N8/c1-12(2)29-11-24-18-19(25-15-9-13(3)8-14(22)10-15)27-21(28-20(18)29)26-17-7-5-4-6-16(17)23/h8-12,16-17H,4-7,22-23H2,1-3H3,(H2,25,26,27,28)/t16-,17-/m1/s1. The van der Waals surface area contributed by atoms with E-state index in [4.69, 9.17) is 21.4 Å². The minimum Gasteiger partial charge on any atom is -0.399 e. The molecule has 0 spiro atoms. The summed E-state index contributed by atoms with van der Waals surface area (Å²) in [5.74, 6) is 1.23. The number of rotatable bonds is 5. The molecule has 3 aromatic rings. The molecule has 2 heterocycles. The van der Waals surface area contributed by atoms with Crippen LogP contribution in [0, 0.1) is 6.92 Å². The van der Waals surface area contributed by atoms with E-state index >= 15 is 0 Å². The van der Waals surface area contributed by atoms with Crippen molar-refractivity contribution in [3.05, 3.63) is 30.1 Å². The Morgan fingerprint density at radius 3 is 2.66 bits per heavy atom. The average Bonchev–Trinajstić information content (AvgIpc) is 3.07. The van der Waals surface area contributed by atoms with Crippen molar-refractivity contribution in [2.45, 2.75) is 64.6 Å². The number of nitrogens with one attached hydrogen (secondary N) is 2. The third-order valence-electron chi connectivity index (χ3n) is 5.47. The predicted molar refractivity (Wildman–Crippen MR) is 118 cm³/mol. The van der Waals surface area contributed by atoms with Gasteiger partial charge >= 0.3 is 0 Å². The lowest BCUT2D eigenvalue weighted by Crippen LogP contribution is -2.43. The zero-order chi connectivity index (χ0) is 20.5. The van der Waals surface area contributed by atoms with Crippen LogP contribution < -0.4 is 22.1 Å². The molecule has 8 nitrogen and oxygen atoms in total. The van der Waals surface area contributed by atoms with Crippen molar-refractivity contribution in [1.29, 1.82) is 0 Å². The Balaban J connectivity index is 1.75. The number of imidazole rings is 1. The van der Waals surface area contributed by atoms with E-state index in [2.05, 4.69) is 34.0 Å². The summed E-state index contributed by atoms with van der Waals surface area (Å²) in [6, 6.07) is 6.40. The van der Waals surface area contributed by atoms with Gasteiger partial charge in [0.25, 0.3) is 0 Å². The van der Waals surface area contributed by atoms with Gasteiger partial charge in [-0.1, -0.05) is 12.8 Å². The zero-order valence-electron chi connectivity index (χ0n) is 17.3. The van der Waals surface area contributed by atoms with Gasteiger partial charge in [0.05, 0.1) is 6.33 Å². The number of hydrogen-bond donors (Lipinski definition) is 4. The number of nitrogen functional groups attached to an aromatic ring is 1. The van der Waals surface area contributed by atoms with Crippen molar-refractivity contribution >= 4 is 34.3 Å². The van der Waals surface area contributed by atoms with Crippen LogP contribution >= 0.6 is 0 Å². The van der Waals surface area contributed by atoms with Gasteiger partial charge in [-0.25, -0.2) is 4.98 Å². The summed E-state index contributed by atoms with van der Waals surface area (Å²) in [4.78, 5) is 14.1. The smallest absolute Gasteiger partial charge is 0.227 e. The van der Waals surface area contributed by atoms with Crippen LogP contribution in [0.3, 0.4) is 0 Å². The van der Waals surface area contributed by atoms with Gasteiger partial charge in [-0.05, 0) is 57.4 Å². The lowest BCUT2D eigenvalue weighted by Gasteiger charge is -2.29. The van der Waals surface area contributed by atoms with Crippen LogP contribution in [0.15, 0.2) is 24.5 Å². The second-order valence-corrected chi connectivity index (χ2v) is 8.27. The van der Waals surface area contributed by atoms with Gasteiger partial charge in [0, 0.05) is 29.5 Å². The van der Waals surface area contributed by atoms with E-state index in [1.54, 1.807) is 0 Å². The second-order valence-electron chi connectivity index (χ2n) is 8.27. The quantitative estimate of drug-likeness (QED) is 0.487. The van der Waals surface area contributed by atoms with E-state index in [9.17, 15) is 0 Å². The first-order valence-electron chi connectivity index (χ1n) is 10.3. The van der Waals surface area contributed by atoms with E-state index < -0.39 is 0 Å². The van der Waals surface area contributed by atoms with E-state index in [-0.39, 0.29) is 18.1 Å². The molecule has 1 saturated carbocycles. The molecule has 29 heavy (non-hydrogen) atoms. The summed E-state index contributed by atoms with van der Waals surface area (Å²) in [7, 11) is 0. The number of benzene rings is 1. The number of hydrogen-bond acceptors (Lipinski definition) is 7. The van der Waals surface area contributed by atoms with E-state index in [1.165, 1.54) is 12.8 Å². The summed E-state index contributed by atoms with van der Waals surface area (Å²) in [5, 5.41) is 6.87. The van der Waals surface area contributed by atoms with Gasteiger partial charge in [-0.2, -0.15) is 9.97 Å². The summed E-state index contributed by atoms with van der Waals surface area (Å²) in [6.45, 7) is 6.24. The SMILES string of the molecule is Cc1cc(N)cc(Nc2nc(N[C@@H]3CCCC[C@H]3N)nc3c2ncn3C(C)C)c1. The van der Waals surface area contributed by atoms with Crippen LogP contribution in [0.2, 0.25) is 0 Å². The number of aryl methyl sites for hydroxylation is 1. The maximum atomic E-state index is 6.33. The number of fused-ring (bicyclic) bond motifs is 1. The maximum absolute atomic E-state index is 6.33. The third kappa shape index (κ3) is 4.12. The van der Waals surface area contributed by atoms with Crippen molar-refractivity contribution in [3.63, 3.8) is 0 Å². The highest BCUT2D eigenvalue weighted by Crippen LogP contribution is 2.28. The largest absolute Gasteiger partial charge is 0.399 e. The first kappa shape index (κ1) is 19.4. The van der Waals surface area contributed by atoms with Gasteiger partial charge in [0.15, 0.2) is 17.0 Å². The Kier molecular flexibility index (Phi) is 5.27. The zero-order valence-corrected chi connectivity index (χ0v) is 17.3. The fourth-order valence-electron chi connectivity index (χ4n) is 3.97. The fourth-order valence-corrected chi connectivity index (χ4v) is 3.97. The molecule has 1 aromatic carbocycles. The molecule has 154 valence electrons. The van der Waals surface area contributed by atoms with Crippen molar-refractivity contribution in [2.24, 2.45) is 5.73 Å². The second kappa shape index (κ2) is 7.87. The number of anilines is 4. The predicted octanol–water partition coefficient (Wildman–Crippen LogP) is 3.72. The molecular weight excluding hydrogens is 364 g/mol. The molecular formula is C21H30N8. The number of aromatic nitrogens is 4. The monoisotopic (exact) mass is 394 g/mol. The van der Waals surface area contributed by atoms with E-state index in [0.29, 0.717) is 17.5 Å². The van der Waals surface area contributed by atoms with Crippen LogP contribution in [0.5, 0.6) is 0 Å². The Morgan fingerprint density at radius 2 is 1.93 bits per heavy atom. The summed E-state index contributed by atoms with van der Waals surface area (Å²) in [6.07, 6.45) is 6.22. The van der Waals surface area contributed by atoms with Gasteiger partial charge in [-0.15, -0.1) is 0 Å². The molecule has 1 aliphatic rings. The molecule has 0 amide bonds. The molecule has 0 aliphatic heterocycles. The molecule has 0 bridgehead atoms. The summed E-state index contributed by atoms with van der Waals surface area (Å²) in [5.41, 5.74) is 16.5. The molecule has 2 atom stereocenters. The molecule has 1 aliphatic carbocycles. The van der Waals surface area contributed by atoms with Crippen molar-refractivity contribution in [1.82, 2.24) is 19.5 Å². The van der Waals surface area contributed by atoms with Crippen LogP contribution in [0.25, 0.3) is 11.2 Å². The first-order valence-corrected chi connectivity index (χ1v) is 10.3. The molecule has 0 radical (unpaired) electrons.